The molecule has 1 aromatic carbocycles. The highest BCUT2D eigenvalue weighted by atomic mass is 16.5. The van der Waals surface area contributed by atoms with Gasteiger partial charge in [0.2, 0.25) is 5.88 Å². The molecule has 1 N–H and O–H groups in total. The monoisotopic (exact) mass is 319 g/mol. The summed E-state index contributed by atoms with van der Waals surface area (Å²) in [6.45, 7) is 5.98. The van der Waals surface area contributed by atoms with Crippen LogP contribution >= 0.6 is 0 Å². The molecular weight excluding hydrogens is 294 g/mol. The number of aromatic nitrogens is 2. The number of hydrogen-bond acceptors (Lipinski definition) is 5. The summed E-state index contributed by atoms with van der Waals surface area (Å²) < 4.78 is 18.1. The molecule has 1 heterocycles. The van der Waals surface area contributed by atoms with Crippen molar-refractivity contribution in [1.29, 1.82) is 0 Å². The summed E-state index contributed by atoms with van der Waals surface area (Å²) in [6, 6.07) is 5.97. The van der Waals surface area contributed by atoms with Gasteiger partial charge in [-0.05, 0) is 31.5 Å². The van der Waals surface area contributed by atoms with Crippen LogP contribution in [0.5, 0.6) is 17.4 Å². The number of nitrogens with zero attached hydrogens (tertiary/aromatic N) is 2. The molecule has 0 aliphatic rings. The van der Waals surface area contributed by atoms with Gasteiger partial charge >= 0.3 is 0 Å². The van der Waals surface area contributed by atoms with E-state index in [4.69, 9.17) is 14.2 Å². The highest BCUT2D eigenvalue weighted by Gasteiger charge is 2.13. The lowest BCUT2D eigenvalue weighted by Crippen LogP contribution is -2.14. The maximum absolute atomic E-state index is 5.53. The van der Waals surface area contributed by atoms with Gasteiger partial charge in [-0.3, -0.25) is 0 Å². The third-order valence-electron chi connectivity index (χ3n) is 3.64. The molecular formula is C17H25N3O3. The van der Waals surface area contributed by atoms with Crippen molar-refractivity contribution in [3.63, 3.8) is 0 Å². The standard InChI is InChI=1S/C17H25N3O3/c1-6-23-15-8-7-13(9-16(15)21-4)10-18-11-14-12(2)19-20(3)17(14)22-5/h7-9,18H,6,10-11H2,1-5H3. The smallest absolute Gasteiger partial charge is 0.216 e. The molecule has 0 radical (unpaired) electrons. The number of nitrogens with one attached hydrogen (secondary N) is 1. The molecule has 0 atom stereocenters. The van der Waals surface area contributed by atoms with Crippen LogP contribution < -0.4 is 19.5 Å². The molecule has 0 aliphatic carbocycles. The fourth-order valence-corrected chi connectivity index (χ4v) is 2.57. The van der Waals surface area contributed by atoms with Crippen LogP contribution in [-0.4, -0.2) is 30.6 Å². The summed E-state index contributed by atoms with van der Waals surface area (Å²) >= 11 is 0. The normalized spacial score (nSPS) is 10.7. The van der Waals surface area contributed by atoms with Crippen molar-refractivity contribution in [2.24, 2.45) is 7.05 Å². The second kappa shape index (κ2) is 7.87. The lowest BCUT2D eigenvalue weighted by molar-refractivity contribution is 0.310. The molecule has 2 rings (SSSR count). The Hall–Kier alpha value is -2.21. The van der Waals surface area contributed by atoms with Crippen molar-refractivity contribution in [1.82, 2.24) is 15.1 Å². The van der Waals surface area contributed by atoms with Crippen molar-refractivity contribution in [2.75, 3.05) is 20.8 Å². The zero-order valence-electron chi connectivity index (χ0n) is 14.5. The number of aryl methyl sites for hydroxylation is 2. The van der Waals surface area contributed by atoms with Crippen molar-refractivity contribution < 1.29 is 14.2 Å². The highest BCUT2D eigenvalue weighted by molar-refractivity contribution is 5.43. The fourth-order valence-electron chi connectivity index (χ4n) is 2.57. The van der Waals surface area contributed by atoms with Crippen LogP contribution in [-0.2, 0) is 20.1 Å². The summed E-state index contributed by atoms with van der Waals surface area (Å²) in [6.07, 6.45) is 0. The fraction of sp³-hybridized carbons (Fsp3) is 0.471. The van der Waals surface area contributed by atoms with E-state index in [1.54, 1.807) is 18.9 Å². The van der Waals surface area contributed by atoms with Gasteiger partial charge in [-0.15, -0.1) is 0 Å². The largest absolute Gasteiger partial charge is 0.493 e. The van der Waals surface area contributed by atoms with Gasteiger partial charge in [0.1, 0.15) is 0 Å². The average Bonchev–Trinajstić information content (AvgIpc) is 2.82. The Morgan fingerprint density at radius 3 is 2.57 bits per heavy atom. The Balaban J connectivity index is 2.02. The lowest BCUT2D eigenvalue weighted by Gasteiger charge is -2.12. The molecule has 0 amide bonds. The number of ether oxygens (including phenoxy) is 3. The SMILES string of the molecule is CCOc1ccc(CNCc2c(C)nn(C)c2OC)cc1OC. The van der Waals surface area contributed by atoms with E-state index in [0.717, 1.165) is 40.7 Å². The van der Waals surface area contributed by atoms with Gasteiger partial charge < -0.3 is 19.5 Å². The minimum absolute atomic E-state index is 0.619. The van der Waals surface area contributed by atoms with Crippen molar-refractivity contribution in [3.05, 3.63) is 35.0 Å². The first-order chi connectivity index (χ1) is 11.1. The molecule has 0 bridgehead atoms. The van der Waals surface area contributed by atoms with E-state index in [2.05, 4.69) is 10.4 Å². The van der Waals surface area contributed by atoms with E-state index in [-0.39, 0.29) is 0 Å². The van der Waals surface area contributed by atoms with E-state index < -0.39 is 0 Å². The van der Waals surface area contributed by atoms with E-state index in [9.17, 15) is 0 Å². The highest BCUT2D eigenvalue weighted by Crippen LogP contribution is 2.28. The Labute approximate surface area is 137 Å². The second-order valence-electron chi connectivity index (χ2n) is 5.22. The first-order valence-electron chi connectivity index (χ1n) is 7.67. The van der Waals surface area contributed by atoms with Gasteiger partial charge in [0.05, 0.1) is 32.1 Å². The van der Waals surface area contributed by atoms with Gasteiger partial charge in [-0.25, -0.2) is 4.68 Å². The molecule has 6 heteroatoms. The second-order valence-corrected chi connectivity index (χ2v) is 5.22. The van der Waals surface area contributed by atoms with E-state index >= 15 is 0 Å². The van der Waals surface area contributed by atoms with Gasteiger partial charge in [-0.1, -0.05) is 6.07 Å². The Morgan fingerprint density at radius 2 is 1.91 bits per heavy atom. The van der Waals surface area contributed by atoms with Gasteiger partial charge in [-0.2, -0.15) is 5.10 Å². The quantitative estimate of drug-likeness (QED) is 0.810. The Morgan fingerprint density at radius 1 is 1.13 bits per heavy atom. The maximum Gasteiger partial charge on any atom is 0.216 e. The molecule has 0 aliphatic heterocycles. The summed E-state index contributed by atoms with van der Waals surface area (Å²) in [4.78, 5) is 0. The van der Waals surface area contributed by atoms with Crippen LogP contribution in [0.3, 0.4) is 0 Å². The molecule has 1 aromatic heterocycles. The molecule has 2 aromatic rings. The lowest BCUT2D eigenvalue weighted by atomic mass is 10.2. The van der Waals surface area contributed by atoms with Crippen LogP contribution in [0.15, 0.2) is 18.2 Å². The van der Waals surface area contributed by atoms with Crippen LogP contribution in [0.2, 0.25) is 0 Å². The molecule has 0 spiro atoms. The minimum Gasteiger partial charge on any atom is -0.493 e. The first kappa shape index (κ1) is 17.1. The third-order valence-corrected chi connectivity index (χ3v) is 3.64. The van der Waals surface area contributed by atoms with Gasteiger partial charge in [0.25, 0.3) is 0 Å². The van der Waals surface area contributed by atoms with Crippen LogP contribution in [0.1, 0.15) is 23.7 Å². The number of methoxy groups -OCH3 is 2. The van der Waals surface area contributed by atoms with Crippen LogP contribution in [0.4, 0.5) is 0 Å². The number of hydrogen-bond donors (Lipinski definition) is 1. The van der Waals surface area contributed by atoms with Crippen molar-refractivity contribution in [3.8, 4) is 17.4 Å². The van der Waals surface area contributed by atoms with Crippen LogP contribution in [0.25, 0.3) is 0 Å². The van der Waals surface area contributed by atoms with Crippen LogP contribution in [0, 0.1) is 6.92 Å². The predicted molar refractivity (Wildman–Crippen MR) is 89.2 cm³/mol. The number of rotatable bonds is 8. The first-order valence-corrected chi connectivity index (χ1v) is 7.67. The summed E-state index contributed by atoms with van der Waals surface area (Å²) in [7, 11) is 5.20. The van der Waals surface area contributed by atoms with Crippen molar-refractivity contribution in [2.45, 2.75) is 26.9 Å². The Bertz CT molecular complexity index is 653. The van der Waals surface area contributed by atoms with Gasteiger partial charge in [0, 0.05) is 20.1 Å². The summed E-state index contributed by atoms with van der Waals surface area (Å²) in [5, 5.41) is 7.80. The topological polar surface area (TPSA) is 57.5 Å². The molecule has 6 nitrogen and oxygen atoms in total. The molecule has 23 heavy (non-hydrogen) atoms. The predicted octanol–water partition coefficient (Wildman–Crippen LogP) is 2.43. The summed E-state index contributed by atoms with van der Waals surface area (Å²) in [5.74, 6) is 2.31. The minimum atomic E-state index is 0.619. The maximum atomic E-state index is 5.53. The molecule has 0 unspecified atom stereocenters. The number of benzene rings is 1. The molecule has 126 valence electrons. The average molecular weight is 319 g/mol. The van der Waals surface area contributed by atoms with E-state index in [0.29, 0.717) is 13.2 Å². The third kappa shape index (κ3) is 3.96. The molecule has 0 fully saturated rings. The zero-order chi connectivity index (χ0) is 16.8. The van der Waals surface area contributed by atoms with E-state index in [1.165, 1.54) is 0 Å². The molecule has 0 saturated heterocycles. The van der Waals surface area contributed by atoms with Crippen molar-refractivity contribution >= 4 is 0 Å². The van der Waals surface area contributed by atoms with E-state index in [1.807, 2.05) is 39.1 Å². The molecule has 0 saturated carbocycles. The summed E-state index contributed by atoms with van der Waals surface area (Å²) in [5.41, 5.74) is 3.18. The van der Waals surface area contributed by atoms with Gasteiger partial charge in [0.15, 0.2) is 11.5 Å². The zero-order valence-corrected chi connectivity index (χ0v) is 14.5. The Kier molecular flexibility index (Phi) is 5.87.